The minimum absolute atomic E-state index is 0.196. The molecule has 0 aliphatic carbocycles. The Hall–Kier alpha value is -2.30. The number of amides is 1. The van der Waals surface area contributed by atoms with E-state index in [4.69, 9.17) is 22.1 Å². The molecular formula is C18H17ClN2O2. The number of rotatable bonds is 3. The fourth-order valence-corrected chi connectivity index (χ4v) is 2.76. The fraction of sp³-hybridized carbons (Fsp3) is 0.167. The molecule has 23 heavy (non-hydrogen) atoms. The van der Waals surface area contributed by atoms with E-state index in [1.54, 1.807) is 19.2 Å². The van der Waals surface area contributed by atoms with Crippen molar-refractivity contribution < 1.29 is 9.53 Å². The van der Waals surface area contributed by atoms with E-state index in [1.165, 1.54) is 0 Å². The lowest BCUT2D eigenvalue weighted by molar-refractivity contribution is -0.121. The van der Waals surface area contributed by atoms with Gasteiger partial charge in [0.25, 0.3) is 0 Å². The van der Waals surface area contributed by atoms with Crippen molar-refractivity contribution in [3.05, 3.63) is 70.8 Å². The first-order chi connectivity index (χ1) is 11.1. The predicted molar refractivity (Wildman–Crippen MR) is 91.3 cm³/mol. The Labute approximate surface area is 139 Å². The fourth-order valence-electron chi connectivity index (χ4n) is 2.63. The van der Waals surface area contributed by atoms with Crippen molar-refractivity contribution in [3.63, 3.8) is 0 Å². The molecule has 118 valence electrons. The maximum absolute atomic E-state index is 12.2. The second kappa shape index (κ2) is 6.44. The Morgan fingerprint density at radius 3 is 2.35 bits per heavy atom. The number of nitrogens with one attached hydrogen (secondary N) is 1. The summed E-state index contributed by atoms with van der Waals surface area (Å²) in [6.45, 7) is 0. The van der Waals surface area contributed by atoms with Gasteiger partial charge in [-0.3, -0.25) is 4.79 Å². The number of carbonyl (C=O) groups excluding carboxylic acids is 1. The van der Waals surface area contributed by atoms with Crippen LogP contribution in [-0.2, 0) is 4.79 Å². The van der Waals surface area contributed by atoms with Crippen LogP contribution in [0, 0.1) is 0 Å². The number of hydrogen-bond acceptors (Lipinski definition) is 3. The molecular weight excluding hydrogens is 312 g/mol. The molecule has 0 bridgehead atoms. The van der Waals surface area contributed by atoms with Gasteiger partial charge in [-0.05, 0) is 47.5 Å². The van der Waals surface area contributed by atoms with Crippen LogP contribution >= 0.6 is 11.6 Å². The summed E-state index contributed by atoms with van der Waals surface area (Å²) in [6, 6.07) is 14.3. The van der Waals surface area contributed by atoms with Crippen LogP contribution in [0.15, 0.2) is 54.6 Å². The summed E-state index contributed by atoms with van der Waals surface area (Å²) in [6.07, 6.45) is 1.98. The first-order valence-corrected chi connectivity index (χ1v) is 7.64. The van der Waals surface area contributed by atoms with E-state index < -0.39 is 6.04 Å². The third-order valence-corrected chi connectivity index (χ3v) is 4.20. The van der Waals surface area contributed by atoms with E-state index in [2.05, 4.69) is 5.32 Å². The van der Waals surface area contributed by atoms with Crippen molar-refractivity contribution in [2.75, 3.05) is 7.11 Å². The highest BCUT2D eigenvalue weighted by molar-refractivity contribution is 6.30. The molecule has 1 aliphatic heterocycles. The van der Waals surface area contributed by atoms with E-state index in [-0.39, 0.29) is 11.8 Å². The summed E-state index contributed by atoms with van der Waals surface area (Å²) in [4.78, 5) is 12.2. The van der Waals surface area contributed by atoms with Crippen molar-refractivity contribution in [1.82, 2.24) is 5.32 Å². The van der Waals surface area contributed by atoms with E-state index in [9.17, 15) is 4.79 Å². The van der Waals surface area contributed by atoms with Crippen LogP contribution in [0.1, 0.15) is 17.0 Å². The monoisotopic (exact) mass is 328 g/mol. The third-order valence-electron chi connectivity index (χ3n) is 3.95. The second-order valence-electron chi connectivity index (χ2n) is 5.40. The van der Waals surface area contributed by atoms with Crippen LogP contribution in [0.5, 0.6) is 5.75 Å². The standard InChI is InChI=1S/C18H17ClN2O2/c1-23-14-8-4-12(5-9-14)16-10-15(17(20)18(22)21-16)11-2-6-13(19)7-3-11/h2-10,15,17H,20H2,1H3,(H,21,22)/t15-,17-/m1/s1. The molecule has 1 aliphatic rings. The van der Waals surface area contributed by atoms with Crippen LogP contribution in [0.4, 0.5) is 0 Å². The molecule has 1 heterocycles. The molecule has 3 N–H and O–H groups in total. The number of nitrogens with two attached hydrogens (primary N) is 1. The molecule has 0 aromatic heterocycles. The maximum Gasteiger partial charge on any atom is 0.242 e. The highest BCUT2D eigenvalue weighted by atomic mass is 35.5. The zero-order chi connectivity index (χ0) is 16.4. The molecule has 3 rings (SSSR count). The molecule has 0 saturated heterocycles. The molecule has 4 nitrogen and oxygen atoms in total. The molecule has 2 aromatic carbocycles. The van der Waals surface area contributed by atoms with Crippen LogP contribution in [0.25, 0.3) is 5.70 Å². The zero-order valence-electron chi connectivity index (χ0n) is 12.6. The first-order valence-electron chi connectivity index (χ1n) is 7.26. The second-order valence-corrected chi connectivity index (χ2v) is 5.84. The van der Waals surface area contributed by atoms with Crippen molar-refractivity contribution in [3.8, 4) is 5.75 Å². The van der Waals surface area contributed by atoms with E-state index in [0.29, 0.717) is 5.02 Å². The summed E-state index contributed by atoms with van der Waals surface area (Å²) in [7, 11) is 1.62. The summed E-state index contributed by atoms with van der Waals surface area (Å²) < 4.78 is 5.16. The number of ether oxygens (including phenoxy) is 1. The average molecular weight is 329 g/mol. The van der Waals surface area contributed by atoms with Crippen molar-refractivity contribution >= 4 is 23.2 Å². The Bertz CT molecular complexity index is 739. The highest BCUT2D eigenvalue weighted by Gasteiger charge is 2.30. The smallest absolute Gasteiger partial charge is 0.242 e. The molecule has 0 radical (unpaired) electrons. The van der Waals surface area contributed by atoms with E-state index >= 15 is 0 Å². The Morgan fingerprint density at radius 2 is 1.74 bits per heavy atom. The molecule has 0 spiro atoms. The van der Waals surface area contributed by atoms with Crippen LogP contribution in [0.2, 0.25) is 5.02 Å². The topological polar surface area (TPSA) is 64.3 Å². The van der Waals surface area contributed by atoms with Gasteiger partial charge in [0, 0.05) is 16.6 Å². The lowest BCUT2D eigenvalue weighted by Gasteiger charge is -2.28. The van der Waals surface area contributed by atoms with Crippen molar-refractivity contribution in [1.29, 1.82) is 0 Å². The molecule has 0 saturated carbocycles. The molecule has 5 heteroatoms. The van der Waals surface area contributed by atoms with Gasteiger partial charge >= 0.3 is 0 Å². The van der Waals surface area contributed by atoms with Gasteiger partial charge < -0.3 is 15.8 Å². The molecule has 1 amide bonds. The summed E-state index contributed by atoms with van der Waals surface area (Å²) >= 11 is 5.93. The predicted octanol–water partition coefficient (Wildman–Crippen LogP) is 2.93. The van der Waals surface area contributed by atoms with Gasteiger partial charge in [0.1, 0.15) is 5.75 Å². The lowest BCUT2D eigenvalue weighted by atomic mass is 9.87. The van der Waals surface area contributed by atoms with Gasteiger partial charge in [-0.15, -0.1) is 0 Å². The normalized spacial score (nSPS) is 20.7. The van der Waals surface area contributed by atoms with Gasteiger partial charge in [0.05, 0.1) is 13.2 Å². The molecule has 0 unspecified atom stereocenters. The van der Waals surface area contributed by atoms with E-state index in [0.717, 1.165) is 22.6 Å². The Morgan fingerprint density at radius 1 is 1.09 bits per heavy atom. The van der Waals surface area contributed by atoms with Crippen molar-refractivity contribution in [2.24, 2.45) is 5.73 Å². The maximum atomic E-state index is 12.2. The Balaban J connectivity index is 1.97. The van der Waals surface area contributed by atoms with E-state index in [1.807, 2.05) is 42.5 Å². The van der Waals surface area contributed by atoms with Crippen LogP contribution in [0.3, 0.4) is 0 Å². The molecule has 2 atom stereocenters. The minimum Gasteiger partial charge on any atom is -0.497 e. The first kappa shape index (κ1) is 15.6. The Kier molecular flexibility index (Phi) is 4.37. The highest BCUT2D eigenvalue weighted by Crippen LogP contribution is 2.29. The van der Waals surface area contributed by atoms with Crippen LogP contribution < -0.4 is 15.8 Å². The number of carbonyl (C=O) groups is 1. The van der Waals surface area contributed by atoms with Gasteiger partial charge in [0.15, 0.2) is 0 Å². The number of hydrogen-bond donors (Lipinski definition) is 2. The van der Waals surface area contributed by atoms with Gasteiger partial charge in [-0.2, -0.15) is 0 Å². The minimum atomic E-state index is -0.627. The van der Waals surface area contributed by atoms with Gasteiger partial charge in [-0.1, -0.05) is 29.8 Å². The molecule has 2 aromatic rings. The van der Waals surface area contributed by atoms with Crippen molar-refractivity contribution in [2.45, 2.75) is 12.0 Å². The number of halogens is 1. The summed E-state index contributed by atoms with van der Waals surface area (Å²) in [5.74, 6) is 0.374. The summed E-state index contributed by atoms with van der Waals surface area (Å²) in [5.41, 5.74) is 8.69. The lowest BCUT2D eigenvalue weighted by Crippen LogP contribution is -2.46. The third kappa shape index (κ3) is 3.23. The molecule has 0 fully saturated rings. The quantitative estimate of drug-likeness (QED) is 0.910. The average Bonchev–Trinajstić information content (AvgIpc) is 2.58. The SMILES string of the molecule is COc1ccc(C2=C[C@H](c3ccc(Cl)cc3)[C@@H](N)C(=O)N2)cc1. The summed E-state index contributed by atoms with van der Waals surface area (Å²) in [5, 5.41) is 3.52. The zero-order valence-corrected chi connectivity index (χ0v) is 13.4. The van der Waals surface area contributed by atoms with Crippen LogP contribution in [-0.4, -0.2) is 19.1 Å². The van der Waals surface area contributed by atoms with Gasteiger partial charge in [0.2, 0.25) is 5.91 Å². The van der Waals surface area contributed by atoms with Gasteiger partial charge in [-0.25, -0.2) is 0 Å². The number of benzene rings is 2. The largest absolute Gasteiger partial charge is 0.497 e. The number of methoxy groups -OCH3 is 1.